The van der Waals surface area contributed by atoms with Crippen molar-refractivity contribution in [1.82, 2.24) is 0 Å². The van der Waals surface area contributed by atoms with Crippen LogP contribution in [0.2, 0.25) is 0 Å². The molecule has 0 aromatic carbocycles. The molecule has 0 aromatic rings. The molecular weight excluding hydrogens is 136 g/mol. The van der Waals surface area contributed by atoms with Gasteiger partial charge in [0.05, 0.1) is 0 Å². The average molecular weight is 144 g/mol. The van der Waals surface area contributed by atoms with Gasteiger partial charge in [0.25, 0.3) is 0 Å². The van der Waals surface area contributed by atoms with Gasteiger partial charge in [0.2, 0.25) is 0 Å². The smallest absolute Gasteiger partial charge is 0.142 e. The third-order valence-corrected chi connectivity index (χ3v) is 2.43. The molecule has 1 aliphatic heterocycles. The van der Waals surface area contributed by atoms with Crippen molar-refractivity contribution in [2.24, 2.45) is 0 Å². The van der Waals surface area contributed by atoms with E-state index in [1.807, 2.05) is 0 Å². The average Bonchev–Trinajstić information content (AvgIpc) is 2.75. The molecule has 2 aliphatic carbocycles. The molecule has 0 saturated carbocycles. The zero-order chi connectivity index (χ0) is 7.31. The maximum Gasteiger partial charge on any atom is 0.142 e. The minimum Gasteiger partial charge on any atom is -0.352 e. The van der Waals surface area contributed by atoms with Crippen LogP contribution in [0.1, 0.15) is 0 Å². The Morgan fingerprint density at radius 2 is 2.27 bits per heavy atom. The Balaban J connectivity index is 2.18. The summed E-state index contributed by atoms with van der Waals surface area (Å²) in [5, 5.41) is 0. The highest BCUT2D eigenvalue weighted by molar-refractivity contribution is 5.53. The van der Waals surface area contributed by atoms with E-state index in [2.05, 4.69) is 42.5 Å². The minimum absolute atomic E-state index is 0.0521. The van der Waals surface area contributed by atoms with Gasteiger partial charge < -0.3 is 4.74 Å². The van der Waals surface area contributed by atoms with Crippen molar-refractivity contribution < 1.29 is 4.74 Å². The number of hydrogen-bond donors (Lipinski definition) is 0. The van der Waals surface area contributed by atoms with Crippen LogP contribution in [0.5, 0.6) is 0 Å². The summed E-state index contributed by atoms with van der Waals surface area (Å²) in [7, 11) is 0. The zero-order valence-corrected chi connectivity index (χ0v) is 6.03. The lowest BCUT2D eigenvalue weighted by Crippen LogP contribution is -2.16. The van der Waals surface area contributed by atoms with Crippen LogP contribution in [0.25, 0.3) is 0 Å². The first-order valence-electron chi connectivity index (χ1n) is 3.84. The number of epoxide rings is 1. The number of ether oxygens (including phenoxy) is 1. The summed E-state index contributed by atoms with van der Waals surface area (Å²) in [6, 6.07) is 0. The Labute approximate surface area is 65.4 Å². The van der Waals surface area contributed by atoms with Gasteiger partial charge in [-0.2, -0.15) is 0 Å². The third kappa shape index (κ3) is 0.548. The SMILES string of the molecule is C1=CC2=CC=CC3OC23C=C1. The van der Waals surface area contributed by atoms with E-state index in [0.29, 0.717) is 6.10 Å². The fraction of sp³-hybridized carbons (Fsp3) is 0.200. The summed E-state index contributed by atoms with van der Waals surface area (Å²) in [6.07, 6.45) is 14.9. The van der Waals surface area contributed by atoms with Crippen LogP contribution in [0, 0.1) is 0 Å². The fourth-order valence-electron chi connectivity index (χ4n) is 1.75. The van der Waals surface area contributed by atoms with E-state index < -0.39 is 0 Å². The van der Waals surface area contributed by atoms with Gasteiger partial charge in [0.15, 0.2) is 0 Å². The second-order valence-electron chi connectivity index (χ2n) is 3.06. The molecule has 1 heterocycles. The maximum atomic E-state index is 5.58. The van der Waals surface area contributed by atoms with Crippen LogP contribution < -0.4 is 0 Å². The third-order valence-electron chi connectivity index (χ3n) is 2.43. The molecule has 2 atom stereocenters. The van der Waals surface area contributed by atoms with E-state index in [1.54, 1.807) is 0 Å². The highest BCUT2D eigenvalue weighted by Gasteiger charge is 2.56. The minimum atomic E-state index is -0.0521. The summed E-state index contributed by atoms with van der Waals surface area (Å²) < 4.78 is 5.58. The van der Waals surface area contributed by atoms with E-state index in [0.717, 1.165) is 0 Å². The molecule has 1 nitrogen and oxygen atoms in total. The molecule has 54 valence electrons. The van der Waals surface area contributed by atoms with Crippen molar-refractivity contribution in [3.63, 3.8) is 0 Å². The number of rotatable bonds is 0. The molecule has 0 amide bonds. The van der Waals surface area contributed by atoms with Gasteiger partial charge in [-0.05, 0) is 11.6 Å². The van der Waals surface area contributed by atoms with Gasteiger partial charge in [-0.3, -0.25) is 0 Å². The van der Waals surface area contributed by atoms with Crippen LogP contribution in [-0.4, -0.2) is 11.7 Å². The van der Waals surface area contributed by atoms with Crippen molar-refractivity contribution in [3.05, 3.63) is 48.1 Å². The van der Waals surface area contributed by atoms with E-state index in [9.17, 15) is 0 Å². The van der Waals surface area contributed by atoms with E-state index >= 15 is 0 Å². The van der Waals surface area contributed by atoms with Crippen LogP contribution in [0.3, 0.4) is 0 Å². The molecule has 0 N–H and O–H groups in total. The molecule has 3 aliphatic rings. The van der Waals surface area contributed by atoms with Crippen molar-refractivity contribution in [2.45, 2.75) is 11.7 Å². The maximum absolute atomic E-state index is 5.58. The Kier molecular flexibility index (Phi) is 0.789. The van der Waals surface area contributed by atoms with Gasteiger partial charge in [-0.25, -0.2) is 0 Å². The molecule has 2 unspecified atom stereocenters. The van der Waals surface area contributed by atoms with Gasteiger partial charge in [-0.15, -0.1) is 0 Å². The second-order valence-corrected chi connectivity index (χ2v) is 3.06. The zero-order valence-electron chi connectivity index (χ0n) is 6.03. The monoisotopic (exact) mass is 144 g/mol. The summed E-state index contributed by atoms with van der Waals surface area (Å²) in [4.78, 5) is 0. The van der Waals surface area contributed by atoms with Crippen molar-refractivity contribution >= 4 is 0 Å². The number of hydrogen-bond acceptors (Lipinski definition) is 1. The first kappa shape index (κ1) is 5.56. The topological polar surface area (TPSA) is 12.5 Å². The van der Waals surface area contributed by atoms with Gasteiger partial charge in [0, 0.05) is 0 Å². The van der Waals surface area contributed by atoms with Crippen LogP contribution in [0.4, 0.5) is 0 Å². The molecule has 11 heavy (non-hydrogen) atoms. The normalized spacial score (nSPS) is 42.9. The lowest BCUT2D eigenvalue weighted by Gasteiger charge is -2.13. The quantitative estimate of drug-likeness (QED) is 0.472. The van der Waals surface area contributed by atoms with Crippen molar-refractivity contribution in [1.29, 1.82) is 0 Å². The van der Waals surface area contributed by atoms with Crippen molar-refractivity contribution in [3.8, 4) is 0 Å². The molecule has 1 heteroatoms. The summed E-state index contributed by atoms with van der Waals surface area (Å²) in [5.41, 5.74) is 1.23. The molecular formula is C10H8O. The first-order valence-corrected chi connectivity index (χ1v) is 3.84. The van der Waals surface area contributed by atoms with Gasteiger partial charge in [0.1, 0.15) is 11.7 Å². The predicted molar refractivity (Wildman–Crippen MR) is 43.1 cm³/mol. The van der Waals surface area contributed by atoms with Crippen LogP contribution >= 0.6 is 0 Å². The predicted octanol–water partition coefficient (Wildman–Crippen LogP) is 1.75. The van der Waals surface area contributed by atoms with Crippen LogP contribution in [-0.2, 0) is 4.74 Å². The Hall–Kier alpha value is -1.08. The van der Waals surface area contributed by atoms with E-state index in [4.69, 9.17) is 4.74 Å². The molecule has 3 rings (SSSR count). The standard InChI is InChI=1S/C10H8O/c1-2-7-10-8(4-1)5-3-6-9(10)11-10/h1-7,9H. The van der Waals surface area contributed by atoms with E-state index in [1.165, 1.54) is 5.57 Å². The first-order chi connectivity index (χ1) is 5.42. The van der Waals surface area contributed by atoms with Gasteiger partial charge in [-0.1, -0.05) is 36.5 Å². The van der Waals surface area contributed by atoms with Crippen LogP contribution in [0.15, 0.2) is 48.1 Å². The highest BCUT2D eigenvalue weighted by atomic mass is 16.6. The summed E-state index contributed by atoms with van der Waals surface area (Å²) in [5.74, 6) is 0. The largest absolute Gasteiger partial charge is 0.352 e. The fourth-order valence-corrected chi connectivity index (χ4v) is 1.75. The molecule has 0 radical (unpaired) electrons. The lowest BCUT2D eigenvalue weighted by molar-refractivity contribution is 0.370. The van der Waals surface area contributed by atoms with E-state index in [-0.39, 0.29) is 5.60 Å². The molecule has 0 aromatic heterocycles. The molecule has 1 spiro atoms. The molecule has 0 bridgehead atoms. The molecule has 1 saturated heterocycles. The highest BCUT2D eigenvalue weighted by Crippen LogP contribution is 2.48. The lowest BCUT2D eigenvalue weighted by atomic mass is 9.88. The Bertz CT molecular complexity index is 320. The number of allylic oxidation sites excluding steroid dienone is 4. The van der Waals surface area contributed by atoms with Crippen molar-refractivity contribution in [2.75, 3.05) is 0 Å². The summed E-state index contributed by atoms with van der Waals surface area (Å²) in [6.45, 7) is 0. The Morgan fingerprint density at radius 3 is 3.18 bits per heavy atom. The Morgan fingerprint density at radius 1 is 1.27 bits per heavy atom. The molecule has 1 fully saturated rings. The van der Waals surface area contributed by atoms with Gasteiger partial charge >= 0.3 is 0 Å². The summed E-state index contributed by atoms with van der Waals surface area (Å²) >= 11 is 0. The second kappa shape index (κ2) is 1.56.